The lowest BCUT2D eigenvalue weighted by molar-refractivity contribution is -0.134. The maximum atomic E-state index is 9.72. The summed E-state index contributed by atoms with van der Waals surface area (Å²) in [7, 11) is 0. The van der Waals surface area contributed by atoms with Crippen molar-refractivity contribution < 1.29 is 24.5 Å². The Morgan fingerprint density at radius 1 is 1.42 bits per heavy atom. The average molecular weight is 268 g/mol. The molecule has 2 N–H and O–H groups in total. The van der Waals surface area contributed by atoms with Crippen molar-refractivity contribution in [2.24, 2.45) is 0 Å². The molecule has 1 saturated heterocycles. The summed E-state index contributed by atoms with van der Waals surface area (Å²) in [5, 5.41) is 17.1. The highest BCUT2D eigenvalue weighted by Crippen LogP contribution is 2.32. The van der Waals surface area contributed by atoms with Crippen molar-refractivity contribution >= 4 is 5.97 Å². The molecule has 1 aromatic rings. The smallest absolute Gasteiger partial charge is 0.300 e. The predicted octanol–water partition coefficient (Wildman–Crippen LogP) is 2.19. The molecule has 0 aliphatic carbocycles. The maximum absolute atomic E-state index is 9.72. The lowest BCUT2D eigenvalue weighted by atomic mass is 10.0. The molecule has 5 heteroatoms. The maximum Gasteiger partial charge on any atom is 0.300 e. The van der Waals surface area contributed by atoms with Gasteiger partial charge in [-0.05, 0) is 43.5 Å². The highest BCUT2D eigenvalue weighted by atomic mass is 16.6. The zero-order valence-electron chi connectivity index (χ0n) is 11.7. The van der Waals surface area contributed by atoms with E-state index in [0.29, 0.717) is 12.4 Å². The van der Waals surface area contributed by atoms with Crippen LogP contribution in [0, 0.1) is 20.8 Å². The first kappa shape index (κ1) is 15.3. The number of ether oxygens (including phenoxy) is 2. The Hall–Kier alpha value is -1.75. The SMILES string of the molecule is CC(=O)O.Cc1cc(OC[C@H]2CO2)c(C)c(C)c1O. The van der Waals surface area contributed by atoms with E-state index in [4.69, 9.17) is 19.4 Å². The van der Waals surface area contributed by atoms with Gasteiger partial charge in [0.25, 0.3) is 5.97 Å². The van der Waals surface area contributed by atoms with Gasteiger partial charge in [-0.15, -0.1) is 0 Å². The van der Waals surface area contributed by atoms with E-state index in [1.165, 1.54) is 0 Å². The van der Waals surface area contributed by atoms with Gasteiger partial charge >= 0.3 is 0 Å². The summed E-state index contributed by atoms with van der Waals surface area (Å²) in [6, 6.07) is 1.88. The zero-order chi connectivity index (χ0) is 14.6. The molecule has 0 radical (unpaired) electrons. The summed E-state index contributed by atoms with van der Waals surface area (Å²) < 4.78 is 10.7. The number of carbonyl (C=O) groups is 1. The highest BCUT2D eigenvalue weighted by Gasteiger charge is 2.23. The van der Waals surface area contributed by atoms with E-state index in [9.17, 15) is 5.11 Å². The molecule has 1 heterocycles. The molecular formula is C14H20O5. The molecule has 0 aromatic heterocycles. The van der Waals surface area contributed by atoms with Crippen LogP contribution >= 0.6 is 0 Å². The van der Waals surface area contributed by atoms with Gasteiger partial charge in [-0.2, -0.15) is 0 Å². The van der Waals surface area contributed by atoms with Gasteiger partial charge in [0.2, 0.25) is 0 Å². The minimum absolute atomic E-state index is 0.263. The van der Waals surface area contributed by atoms with Crippen LogP contribution in [0.5, 0.6) is 11.5 Å². The lowest BCUT2D eigenvalue weighted by Gasteiger charge is -2.13. The van der Waals surface area contributed by atoms with Crippen LogP contribution in [0.1, 0.15) is 23.6 Å². The van der Waals surface area contributed by atoms with Crippen molar-refractivity contribution in [3.8, 4) is 11.5 Å². The van der Waals surface area contributed by atoms with E-state index in [2.05, 4.69) is 0 Å². The topological polar surface area (TPSA) is 79.3 Å². The summed E-state index contributed by atoms with van der Waals surface area (Å²) in [5.74, 6) is 0.376. The molecule has 1 aromatic carbocycles. The second-order valence-electron chi connectivity index (χ2n) is 4.58. The third-order valence-corrected chi connectivity index (χ3v) is 2.84. The van der Waals surface area contributed by atoms with Crippen molar-refractivity contribution in [1.29, 1.82) is 0 Å². The Kier molecular flexibility index (Phi) is 5.18. The fourth-order valence-corrected chi connectivity index (χ4v) is 1.53. The van der Waals surface area contributed by atoms with Crippen molar-refractivity contribution in [2.45, 2.75) is 33.8 Å². The quantitative estimate of drug-likeness (QED) is 0.821. The third-order valence-electron chi connectivity index (χ3n) is 2.84. The summed E-state index contributed by atoms with van der Waals surface area (Å²) in [6.45, 7) is 8.22. The number of carboxylic acids is 1. The molecule has 0 bridgehead atoms. The predicted molar refractivity (Wildman–Crippen MR) is 70.9 cm³/mol. The molecule has 106 valence electrons. The number of aromatic hydroxyl groups is 1. The average Bonchev–Trinajstić information content (AvgIpc) is 3.13. The summed E-state index contributed by atoms with van der Waals surface area (Å²) in [5.41, 5.74) is 2.74. The van der Waals surface area contributed by atoms with Gasteiger partial charge in [-0.1, -0.05) is 0 Å². The third kappa shape index (κ3) is 4.79. The monoisotopic (exact) mass is 268 g/mol. The number of epoxide rings is 1. The molecule has 1 aliphatic heterocycles. The van der Waals surface area contributed by atoms with Crippen LogP contribution in [-0.2, 0) is 9.53 Å². The Morgan fingerprint density at radius 3 is 2.42 bits per heavy atom. The van der Waals surface area contributed by atoms with Crippen molar-refractivity contribution in [1.82, 2.24) is 0 Å². The van der Waals surface area contributed by atoms with E-state index < -0.39 is 5.97 Å². The Bertz CT molecular complexity index is 459. The van der Waals surface area contributed by atoms with E-state index in [-0.39, 0.29) is 6.10 Å². The van der Waals surface area contributed by atoms with Crippen LogP contribution in [0.3, 0.4) is 0 Å². The minimum Gasteiger partial charge on any atom is -0.507 e. The molecular weight excluding hydrogens is 248 g/mol. The Morgan fingerprint density at radius 2 is 1.95 bits per heavy atom. The molecule has 5 nitrogen and oxygen atoms in total. The number of aliphatic carboxylic acids is 1. The molecule has 0 spiro atoms. The number of hydrogen-bond donors (Lipinski definition) is 2. The molecule has 2 rings (SSSR count). The van der Waals surface area contributed by atoms with Gasteiger partial charge in [0.15, 0.2) is 0 Å². The van der Waals surface area contributed by atoms with Gasteiger partial charge in [-0.25, -0.2) is 0 Å². The first-order valence-electron chi connectivity index (χ1n) is 6.06. The van der Waals surface area contributed by atoms with Crippen LogP contribution in [0.2, 0.25) is 0 Å². The van der Waals surface area contributed by atoms with Gasteiger partial charge in [0.05, 0.1) is 6.61 Å². The van der Waals surface area contributed by atoms with Crippen molar-refractivity contribution in [3.63, 3.8) is 0 Å². The molecule has 0 saturated carbocycles. The number of hydrogen-bond acceptors (Lipinski definition) is 4. The minimum atomic E-state index is -0.833. The van der Waals surface area contributed by atoms with Gasteiger partial charge < -0.3 is 19.7 Å². The van der Waals surface area contributed by atoms with E-state index in [1.54, 1.807) is 0 Å². The fourth-order valence-electron chi connectivity index (χ4n) is 1.53. The molecule has 1 atom stereocenters. The first-order valence-corrected chi connectivity index (χ1v) is 6.06. The number of carboxylic acid groups (broad SMARTS) is 1. The van der Waals surface area contributed by atoms with E-state index >= 15 is 0 Å². The summed E-state index contributed by atoms with van der Waals surface area (Å²) in [4.78, 5) is 9.00. The number of rotatable bonds is 3. The highest BCUT2D eigenvalue weighted by molar-refractivity contribution is 5.62. The number of benzene rings is 1. The Labute approximate surface area is 112 Å². The fraction of sp³-hybridized carbons (Fsp3) is 0.500. The van der Waals surface area contributed by atoms with E-state index in [0.717, 1.165) is 36.0 Å². The second kappa shape index (κ2) is 6.43. The molecule has 19 heavy (non-hydrogen) atoms. The van der Waals surface area contributed by atoms with Crippen molar-refractivity contribution in [2.75, 3.05) is 13.2 Å². The summed E-state index contributed by atoms with van der Waals surface area (Å²) in [6.07, 6.45) is 0.263. The molecule has 0 unspecified atom stereocenters. The Balaban J connectivity index is 0.000000399. The van der Waals surface area contributed by atoms with Gasteiger partial charge in [0, 0.05) is 6.92 Å². The van der Waals surface area contributed by atoms with Crippen LogP contribution in [0.25, 0.3) is 0 Å². The normalized spacial score (nSPS) is 16.3. The zero-order valence-corrected chi connectivity index (χ0v) is 11.7. The number of phenols is 1. The molecule has 0 amide bonds. The molecule has 1 fully saturated rings. The second-order valence-corrected chi connectivity index (χ2v) is 4.58. The van der Waals surface area contributed by atoms with Crippen LogP contribution in [0.15, 0.2) is 6.07 Å². The van der Waals surface area contributed by atoms with Crippen LogP contribution in [0.4, 0.5) is 0 Å². The van der Waals surface area contributed by atoms with Crippen LogP contribution < -0.4 is 4.74 Å². The van der Waals surface area contributed by atoms with E-state index in [1.807, 2.05) is 26.8 Å². The lowest BCUT2D eigenvalue weighted by Crippen LogP contribution is -2.06. The van der Waals surface area contributed by atoms with Gasteiger partial charge in [-0.3, -0.25) is 4.79 Å². The van der Waals surface area contributed by atoms with Crippen molar-refractivity contribution in [3.05, 3.63) is 22.8 Å². The number of aryl methyl sites for hydroxylation is 1. The standard InChI is InChI=1S/C12H16O3.C2H4O2/c1-7-4-11(15-6-10-5-14-10)8(2)9(3)12(7)13;1-2(3)4/h4,10,13H,5-6H2,1-3H3;1H3,(H,3,4)/t10-;/m1./s1. The summed E-state index contributed by atoms with van der Waals surface area (Å²) >= 11 is 0. The van der Waals surface area contributed by atoms with Crippen LogP contribution in [-0.4, -0.2) is 35.5 Å². The number of phenolic OH excluding ortho intramolecular Hbond substituents is 1. The van der Waals surface area contributed by atoms with Gasteiger partial charge in [0.1, 0.15) is 24.2 Å². The molecule has 1 aliphatic rings. The largest absolute Gasteiger partial charge is 0.507 e. The first-order chi connectivity index (χ1) is 8.82.